The highest BCUT2D eigenvalue weighted by Crippen LogP contribution is 2.26. The first kappa shape index (κ1) is 12.9. The van der Waals surface area contributed by atoms with Gasteiger partial charge >= 0.3 is 0 Å². The Labute approximate surface area is 93.1 Å². The fraction of sp³-hybridized carbons (Fsp3) is 1.00. The predicted molar refractivity (Wildman–Crippen MR) is 61.8 cm³/mol. The highest BCUT2D eigenvalue weighted by Gasteiger charge is 2.29. The van der Waals surface area contributed by atoms with Gasteiger partial charge in [-0.3, -0.25) is 4.90 Å². The molecule has 0 amide bonds. The molecule has 0 aliphatic carbocycles. The fourth-order valence-corrected chi connectivity index (χ4v) is 2.36. The Bertz CT molecular complexity index is 182. The van der Waals surface area contributed by atoms with Crippen LogP contribution in [0.3, 0.4) is 0 Å². The Morgan fingerprint density at radius 2 is 2.07 bits per heavy atom. The molecule has 0 aromatic rings. The molecule has 2 N–H and O–H groups in total. The predicted octanol–water partition coefficient (Wildman–Crippen LogP) is 1.24. The minimum Gasteiger partial charge on any atom is -0.396 e. The second-order valence-corrected chi connectivity index (χ2v) is 5.45. The van der Waals surface area contributed by atoms with E-state index >= 15 is 0 Å². The van der Waals surface area contributed by atoms with Crippen LogP contribution in [0, 0.1) is 5.41 Å². The maximum atomic E-state index is 9.25. The van der Waals surface area contributed by atoms with E-state index in [-0.39, 0.29) is 12.0 Å². The molecule has 3 nitrogen and oxygen atoms in total. The molecule has 0 aromatic heterocycles. The first-order valence-electron chi connectivity index (χ1n) is 6.05. The normalized spacial score (nSPS) is 23.6. The lowest BCUT2D eigenvalue weighted by molar-refractivity contribution is 0.0924. The zero-order valence-corrected chi connectivity index (χ0v) is 10.1. The van der Waals surface area contributed by atoms with Crippen LogP contribution in [0.5, 0.6) is 0 Å². The average Bonchev–Trinajstić information content (AvgIpc) is 2.62. The molecular weight excluding hydrogens is 190 g/mol. The van der Waals surface area contributed by atoms with Gasteiger partial charge in [-0.1, -0.05) is 13.8 Å². The van der Waals surface area contributed by atoms with Crippen LogP contribution in [0.4, 0.5) is 0 Å². The van der Waals surface area contributed by atoms with Gasteiger partial charge in [-0.25, -0.2) is 0 Å². The fourth-order valence-electron chi connectivity index (χ4n) is 2.36. The lowest BCUT2D eigenvalue weighted by Crippen LogP contribution is -2.39. The number of hydrogen-bond donors (Lipinski definition) is 2. The van der Waals surface area contributed by atoms with E-state index in [4.69, 9.17) is 5.11 Å². The van der Waals surface area contributed by atoms with Crippen LogP contribution in [0.15, 0.2) is 0 Å². The van der Waals surface area contributed by atoms with Crippen molar-refractivity contribution in [2.24, 2.45) is 5.41 Å². The first-order valence-corrected chi connectivity index (χ1v) is 6.05. The molecule has 0 aromatic carbocycles. The van der Waals surface area contributed by atoms with Crippen molar-refractivity contribution in [1.82, 2.24) is 4.90 Å². The maximum absolute atomic E-state index is 9.25. The van der Waals surface area contributed by atoms with Gasteiger partial charge in [-0.15, -0.1) is 0 Å². The summed E-state index contributed by atoms with van der Waals surface area (Å²) >= 11 is 0. The quantitative estimate of drug-likeness (QED) is 0.700. The molecule has 0 saturated carbocycles. The average molecular weight is 215 g/mol. The van der Waals surface area contributed by atoms with E-state index in [1.165, 1.54) is 12.8 Å². The molecule has 1 rings (SSSR count). The molecule has 90 valence electrons. The Morgan fingerprint density at radius 1 is 1.33 bits per heavy atom. The highest BCUT2D eigenvalue weighted by molar-refractivity contribution is 4.83. The van der Waals surface area contributed by atoms with Crippen molar-refractivity contribution < 1.29 is 10.2 Å². The number of aliphatic hydroxyl groups excluding tert-OH is 2. The molecule has 1 aliphatic rings. The molecule has 1 unspecified atom stereocenters. The minimum absolute atomic E-state index is 0.00179. The number of nitrogens with zero attached hydrogens (tertiary/aromatic N) is 1. The van der Waals surface area contributed by atoms with E-state index in [1.54, 1.807) is 0 Å². The number of likely N-dealkylation sites (tertiary alicyclic amines) is 1. The molecule has 1 saturated heterocycles. The number of hydrogen-bond acceptors (Lipinski definition) is 3. The van der Waals surface area contributed by atoms with Crippen molar-refractivity contribution in [3.05, 3.63) is 0 Å². The van der Waals surface area contributed by atoms with Crippen molar-refractivity contribution in [2.75, 3.05) is 26.3 Å². The van der Waals surface area contributed by atoms with Gasteiger partial charge < -0.3 is 10.2 Å². The lowest BCUT2D eigenvalue weighted by Gasteiger charge is -2.32. The summed E-state index contributed by atoms with van der Waals surface area (Å²) in [4.78, 5) is 2.48. The summed E-state index contributed by atoms with van der Waals surface area (Å²) in [6.07, 6.45) is 4.51. The molecular formula is C12H25NO2. The third kappa shape index (κ3) is 4.09. The topological polar surface area (TPSA) is 43.7 Å². The second-order valence-electron chi connectivity index (χ2n) is 5.45. The van der Waals surface area contributed by atoms with Gasteiger partial charge in [0.25, 0.3) is 0 Å². The summed E-state index contributed by atoms with van der Waals surface area (Å²) in [6, 6.07) is 0.628. The van der Waals surface area contributed by atoms with Crippen LogP contribution in [0.2, 0.25) is 0 Å². The van der Waals surface area contributed by atoms with E-state index in [9.17, 15) is 5.11 Å². The molecule has 1 heterocycles. The van der Waals surface area contributed by atoms with Crippen molar-refractivity contribution in [3.63, 3.8) is 0 Å². The van der Waals surface area contributed by atoms with Crippen molar-refractivity contribution in [2.45, 2.75) is 45.6 Å². The van der Waals surface area contributed by atoms with E-state index in [0.717, 1.165) is 25.9 Å². The van der Waals surface area contributed by atoms with E-state index in [0.29, 0.717) is 12.6 Å². The van der Waals surface area contributed by atoms with Gasteiger partial charge in [-0.05, 0) is 32.2 Å². The van der Waals surface area contributed by atoms with Crippen molar-refractivity contribution in [1.29, 1.82) is 0 Å². The lowest BCUT2D eigenvalue weighted by atomic mass is 9.93. The summed E-state index contributed by atoms with van der Waals surface area (Å²) in [7, 11) is 0. The van der Waals surface area contributed by atoms with Gasteiger partial charge in [-0.2, -0.15) is 0 Å². The molecule has 0 bridgehead atoms. The summed E-state index contributed by atoms with van der Waals surface area (Å²) in [6.45, 7) is 6.88. The smallest absolute Gasteiger partial charge is 0.0494 e. The molecule has 1 fully saturated rings. The highest BCUT2D eigenvalue weighted by atomic mass is 16.3. The number of rotatable bonds is 6. The molecule has 3 heteroatoms. The third-order valence-electron chi connectivity index (χ3n) is 3.25. The largest absolute Gasteiger partial charge is 0.396 e. The summed E-state index contributed by atoms with van der Waals surface area (Å²) in [5.41, 5.74) is 0.00179. The summed E-state index contributed by atoms with van der Waals surface area (Å²) in [5, 5.41) is 18.1. The van der Waals surface area contributed by atoms with Crippen LogP contribution in [0.1, 0.15) is 39.5 Å². The van der Waals surface area contributed by atoms with Gasteiger partial charge in [0.2, 0.25) is 0 Å². The van der Waals surface area contributed by atoms with E-state index < -0.39 is 0 Å². The van der Waals surface area contributed by atoms with Crippen LogP contribution in [-0.2, 0) is 0 Å². The zero-order valence-electron chi connectivity index (χ0n) is 10.1. The Morgan fingerprint density at radius 3 is 2.67 bits per heavy atom. The second kappa shape index (κ2) is 5.83. The molecule has 0 radical (unpaired) electrons. The van der Waals surface area contributed by atoms with Crippen molar-refractivity contribution >= 4 is 0 Å². The molecule has 1 aliphatic heterocycles. The monoisotopic (exact) mass is 215 g/mol. The Kier molecular flexibility index (Phi) is 5.03. The molecule has 15 heavy (non-hydrogen) atoms. The van der Waals surface area contributed by atoms with Gasteiger partial charge in [0.15, 0.2) is 0 Å². The number of aliphatic hydroxyl groups is 2. The SMILES string of the molecule is CC(C)(CO)CN1CCCC1CCCO. The van der Waals surface area contributed by atoms with Gasteiger partial charge in [0.05, 0.1) is 0 Å². The van der Waals surface area contributed by atoms with Crippen LogP contribution >= 0.6 is 0 Å². The van der Waals surface area contributed by atoms with E-state index in [2.05, 4.69) is 18.7 Å². The minimum atomic E-state index is 0.00179. The van der Waals surface area contributed by atoms with Crippen LogP contribution in [0.25, 0.3) is 0 Å². The van der Waals surface area contributed by atoms with Crippen LogP contribution in [-0.4, -0.2) is 47.5 Å². The standard InChI is InChI=1S/C12H25NO2/c1-12(2,10-15)9-13-7-3-5-11(13)6-4-8-14/h11,14-15H,3-10H2,1-2H3. The Balaban J connectivity index is 2.39. The van der Waals surface area contributed by atoms with Crippen molar-refractivity contribution in [3.8, 4) is 0 Å². The molecule has 0 spiro atoms. The molecule has 1 atom stereocenters. The zero-order chi connectivity index (χ0) is 11.3. The Hall–Kier alpha value is -0.120. The van der Waals surface area contributed by atoms with Crippen LogP contribution < -0.4 is 0 Å². The van der Waals surface area contributed by atoms with E-state index in [1.807, 2.05) is 0 Å². The first-order chi connectivity index (χ1) is 7.09. The maximum Gasteiger partial charge on any atom is 0.0494 e. The van der Waals surface area contributed by atoms with Gasteiger partial charge in [0.1, 0.15) is 0 Å². The summed E-state index contributed by atoms with van der Waals surface area (Å²) in [5.74, 6) is 0. The summed E-state index contributed by atoms with van der Waals surface area (Å²) < 4.78 is 0. The van der Waals surface area contributed by atoms with Gasteiger partial charge in [0, 0.05) is 31.2 Å². The third-order valence-corrected chi connectivity index (χ3v) is 3.25.